The molecule has 2 rings (SSSR count). The highest BCUT2D eigenvalue weighted by Crippen LogP contribution is 2.31. The van der Waals surface area contributed by atoms with Gasteiger partial charge in [-0.05, 0) is 42.0 Å². The average Bonchev–Trinajstić information content (AvgIpc) is 2.55. The third-order valence-corrected chi connectivity index (χ3v) is 4.02. The lowest BCUT2D eigenvalue weighted by Crippen LogP contribution is -2.15. The lowest BCUT2D eigenvalue weighted by molar-refractivity contribution is 0.0971. The molecule has 0 aliphatic heterocycles. The molecule has 0 spiro atoms. The maximum atomic E-state index is 12.5. The Hall–Kier alpha value is -2.33. The van der Waals surface area contributed by atoms with Crippen molar-refractivity contribution < 1.29 is 4.79 Å². The number of carbonyl (C=O) groups excluding carboxylic acids is 1. The Morgan fingerprint density at radius 3 is 2.22 bits per heavy atom. The predicted molar refractivity (Wildman–Crippen MR) is 89.3 cm³/mol. The first kappa shape index (κ1) is 17.0. The Kier molecular flexibility index (Phi) is 5.77. The summed E-state index contributed by atoms with van der Waals surface area (Å²) in [6.45, 7) is 0. The van der Waals surface area contributed by atoms with Crippen LogP contribution in [0.2, 0.25) is 10.0 Å². The van der Waals surface area contributed by atoms with Crippen LogP contribution in [-0.4, -0.2) is 5.78 Å². The number of ketones is 1. The molecule has 2 aromatic rings. The van der Waals surface area contributed by atoms with Crippen LogP contribution in [0, 0.1) is 28.6 Å². The van der Waals surface area contributed by atoms with Gasteiger partial charge in [-0.15, -0.1) is 0 Å². The average molecular weight is 343 g/mol. The zero-order valence-corrected chi connectivity index (χ0v) is 13.6. The van der Waals surface area contributed by atoms with Gasteiger partial charge in [-0.25, -0.2) is 0 Å². The van der Waals surface area contributed by atoms with E-state index in [1.165, 1.54) is 0 Å². The highest BCUT2D eigenvalue weighted by atomic mass is 35.5. The molecule has 0 saturated carbocycles. The van der Waals surface area contributed by atoms with Crippen LogP contribution in [-0.2, 0) is 0 Å². The Bertz CT molecular complexity index is 774. The predicted octanol–water partition coefficient (Wildman–Crippen LogP) is 5.01. The molecular formula is C18H12Cl2N2O. The van der Waals surface area contributed by atoms with E-state index in [4.69, 9.17) is 23.2 Å². The van der Waals surface area contributed by atoms with E-state index in [0.717, 1.165) is 0 Å². The molecule has 23 heavy (non-hydrogen) atoms. The molecule has 0 amide bonds. The number of hydrogen-bond donors (Lipinski definition) is 0. The first-order chi connectivity index (χ1) is 11.0. The fourth-order valence-electron chi connectivity index (χ4n) is 2.33. The van der Waals surface area contributed by atoms with Crippen molar-refractivity contribution in [1.29, 1.82) is 10.5 Å². The standard InChI is InChI=1S/C18H12Cl2N2O/c19-15-6-4-12(5-7-15)18(23)9-17(14(10-21)11-22)13-2-1-3-16(20)8-13/h1-8,14,17H,9H2/t17-/m1/s1. The molecule has 5 heteroatoms. The number of rotatable bonds is 5. The summed E-state index contributed by atoms with van der Waals surface area (Å²) in [5.74, 6) is -1.61. The molecule has 0 bridgehead atoms. The smallest absolute Gasteiger partial charge is 0.163 e. The molecule has 0 N–H and O–H groups in total. The van der Waals surface area contributed by atoms with E-state index in [1.54, 1.807) is 48.5 Å². The number of nitriles is 2. The van der Waals surface area contributed by atoms with E-state index >= 15 is 0 Å². The quantitative estimate of drug-likeness (QED) is 0.717. The Morgan fingerprint density at radius 1 is 1.00 bits per heavy atom. The van der Waals surface area contributed by atoms with Gasteiger partial charge < -0.3 is 0 Å². The molecule has 0 fully saturated rings. The lowest BCUT2D eigenvalue weighted by Gasteiger charge is -2.17. The third kappa shape index (κ3) is 4.33. The van der Waals surface area contributed by atoms with Gasteiger partial charge in [-0.2, -0.15) is 10.5 Å². The van der Waals surface area contributed by atoms with E-state index in [1.807, 2.05) is 12.1 Å². The zero-order chi connectivity index (χ0) is 16.8. The summed E-state index contributed by atoms with van der Waals surface area (Å²) in [7, 11) is 0. The second kappa shape index (κ2) is 7.79. The summed E-state index contributed by atoms with van der Waals surface area (Å²) in [5, 5.41) is 19.5. The van der Waals surface area contributed by atoms with Crippen LogP contribution < -0.4 is 0 Å². The topological polar surface area (TPSA) is 64.7 Å². The molecule has 0 unspecified atom stereocenters. The molecule has 0 aliphatic rings. The normalized spacial score (nSPS) is 11.5. The van der Waals surface area contributed by atoms with Crippen LogP contribution >= 0.6 is 23.2 Å². The summed E-state index contributed by atoms with van der Waals surface area (Å²) < 4.78 is 0. The third-order valence-electron chi connectivity index (χ3n) is 3.53. The van der Waals surface area contributed by atoms with E-state index in [2.05, 4.69) is 0 Å². The van der Waals surface area contributed by atoms with Crippen LogP contribution in [0.15, 0.2) is 48.5 Å². The second-order valence-corrected chi connectivity index (χ2v) is 5.90. The van der Waals surface area contributed by atoms with Crippen LogP contribution in [0.3, 0.4) is 0 Å². The first-order valence-corrected chi connectivity index (χ1v) is 7.64. The first-order valence-electron chi connectivity index (χ1n) is 6.88. The fourth-order valence-corrected chi connectivity index (χ4v) is 2.65. The Balaban J connectivity index is 2.32. The largest absolute Gasteiger partial charge is 0.294 e. The van der Waals surface area contributed by atoms with Gasteiger partial charge in [0.2, 0.25) is 0 Å². The van der Waals surface area contributed by atoms with Gasteiger partial charge in [0, 0.05) is 27.9 Å². The van der Waals surface area contributed by atoms with Crippen molar-refractivity contribution in [1.82, 2.24) is 0 Å². The summed E-state index contributed by atoms with van der Waals surface area (Å²) in [4.78, 5) is 12.5. The van der Waals surface area contributed by atoms with Gasteiger partial charge in [-0.1, -0.05) is 35.3 Å². The van der Waals surface area contributed by atoms with Gasteiger partial charge in [0.1, 0.15) is 5.92 Å². The van der Waals surface area contributed by atoms with Gasteiger partial charge in [0.25, 0.3) is 0 Å². The van der Waals surface area contributed by atoms with Crippen molar-refractivity contribution in [2.45, 2.75) is 12.3 Å². The Morgan fingerprint density at radius 2 is 1.65 bits per heavy atom. The minimum atomic E-state index is -0.926. The van der Waals surface area contributed by atoms with E-state index < -0.39 is 11.8 Å². The molecule has 2 aromatic carbocycles. The maximum Gasteiger partial charge on any atom is 0.163 e. The van der Waals surface area contributed by atoms with Gasteiger partial charge in [0.15, 0.2) is 5.78 Å². The minimum absolute atomic E-state index is 0.0494. The number of hydrogen-bond acceptors (Lipinski definition) is 3. The van der Waals surface area contributed by atoms with E-state index in [-0.39, 0.29) is 12.2 Å². The summed E-state index contributed by atoms with van der Waals surface area (Å²) in [6.07, 6.45) is 0.0494. The van der Waals surface area contributed by atoms with Crippen molar-refractivity contribution >= 4 is 29.0 Å². The van der Waals surface area contributed by atoms with Gasteiger partial charge in [-0.3, -0.25) is 4.79 Å². The monoisotopic (exact) mass is 342 g/mol. The van der Waals surface area contributed by atoms with Crippen molar-refractivity contribution in [2.75, 3.05) is 0 Å². The van der Waals surface area contributed by atoms with Crippen LogP contribution in [0.4, 0.5) is 0 Å². The van der Waals surface area contributed by atoms with Gasteiger partial charge >= 0.3 is 0 Å². The van der Waals surface area contributed by atoms with E-state index in [0.29, 0.717) is 21.2 Å². The number of halogens is 2. The molecule has 0 aliphatic carbocycles. The van der Waals surface area contributed by atoms with Crippen molar-refractivity contribution in [2.24, 2.45) is 5.92 Å². The summed E-state index contributed by atoms with van der Waals surface area (Å²) >= 11 is 11.8. The number of Topliss-reactive ketones (excluding diaryl/α,β-unsaturated/α-hetero) is 1. The molecule has 3 nitrogen and oxygen atoms in total. The fraction of sp³-hybridized carbons (Fsp3) is 0.167. The molecule has 1 atom stereocenters. The molecule has 114 valence electrons. The summed E-state index contributed by atoms with van der Waals surface area (Å²) in [6, 6.07) is 17.3. The molecule has 0 aromatic heterocycles. The second-order valence-electron chi connectivity index (χ2n) is 5.03. The Labute approximate surface area is 144 Å². The zero-order valence-electron chi connectivity index (χ0n) is 12.0. The number of nitrogens with zero attached hydrogens (tertiary/aromatic N) is 2. The lowest BCUT2D eigenvalue weighted by atomic mass is 9.83. The number of benzene rings is 2. The number of carbonyl (C=O) groups is 1. The molecular weight excluding hydrogens is 331 g/mol. The van der Waals surface area contributed by atoms with Crippen molar-refractivity contribution in [3.05, 3.63) is 69.7 Å². The molecule has 0 heterocycles. The van der Waals surface area contributed by atoms with Crippen LogP contribution in [0.5, 0.6) is 0 Å². The molecule has 0 radical (unpaired) electrons. The van der Waals surface area contributed by atoms with Crippen LogP contribution in [0.25, 0.3) is 0 Å². The van der Waals surface area contributed by atoms with E-state index in [9.17, 15) is 15.3 Å². The van der Waals surface area contributed by atoms with Crippen molar-refractivity contribution in [3.63, 3.8) is 0 Å². The van der Waals surface area contributed by atoms with Crippen LogP contribution in [0.1, 0.15) is 28.3 Å². The maximum absolute atomic E-state index is 12.5. The highest BCUT2D eigenvalue weighted by Gasteiger charge is 2.26. The van der Waals surface area contributed by atoms with Gasteiger partial charge in [0.05, 0.1) is 12.1 Å². The molecule has 0 saturated heterocycles. The summed E-state index contributed by atoms with van der Waals surface area (Å²) in [5.41, 5.74) is 1.20. The van der Waals surface area contributed by atoms with Crippen molar-refractivity contribution in [3.8, 4) is 12.1 Å². The highest BCUT2D eigenvalue weighted by molar-refractivity contribution is 6.31. The SMILES string of the molecule is N#CC(C#N)[C@H](CC(=O)c1ccc(Cl)cc1)c1cccc(Cl)c1. The minimum Gasteiger partial charge on any atom is -0.294 e.